The number of fused-ring (bicyclic) bond motifs is 6. The van der Waals surface area contributed by atoms with Crippen molar-refractivity contribution in [2.75, 3.05) is 18.6 Å². The van der Waals surface area contributed by atoms with Crippen LogP contribution in [0.3, 0.4) is 0 Å². The van der Waals surface area contributed by atoms with Gasteiger partial charge in [0.2, 0.25) is 11.8 Å². The third-order valence-electron chi connectivity index (χ3n) is 9.54. The van der Waals surface area contributed by atoms with Gasteiger partial charge in [-0.05, 0) is 79.3 Å². The SMILES string of the molecule is COc1ccc(C(=O)COC(=O)c2cc(-c3ccc(N4C(=O)C5C6CC(C(Br)C6Br)C5C4=O)cc3)nc3c(C)c(Cl)ccc23)cc1. The second kappa shape index (κ2) is 11.9. The predicted octanol–water partition coefficient (Wildman–Crippen LogP) is 7.19. The van der Waals surface area contributed by atoms with Gasteiger partial charge in [0.1, 0.15) is 5.75 Å². The van der Waals surface area contributed by atoms with Crippen LogP contribution in [0.2, 0.25) is 5.02 Å². The lowest BCUT2D eigenvalue weighted by Gasteiger charge is -2.28. The Kier molecular flexibility index (Phi) is 8.02. The number of anilines is 1. The maximum Gasteiger partial charge on any atom is 0.339 e. The highest BCUT2D eigenvalue weighted by atomic mass is 79.9. The Morgan fingerprint density at radius 3 is 2.17 bits per heavy atom. The third-order valence-corrected chi connectivity index (χ3v) is 13.2. The van der Waals surface area contributed by atoms with Gasteiger partial charge in [0.15, 0.2) is 12.4 Å². The summed E-state index contributed by atoms with van der Waals surface area (Å²) in [6.45, 7) is 1.37. The molecule has 7 rings (SSSR count). The summed E-state index contributed by atoms with van der Waals surface area (Å²) in [5.74, 6) is -1.09. The number of ether oxygens (including phenoxy) is 2. The molecule has 2 heterocycles. The Labute approximate surface area is 286 Å². The molecular formula is C35H27Br2ClN2O6. The molecule has 6 atom stereocenters. The number of amides is 2. The molecule has 3 aliphatic rings. The molecule has 0 radical (unpaired) electrons. The van der Waals surface area contributed by atoms with Crippen LogP contribution in [-0.2, 0) is 14.3 Å². The van der Waals surface area contributed by atoms with Crippen molar-refractivity contribution in [3.8, 4) is 17.0 Å². The van der Waals surface area contributed by atoms with Crippen molar-refractivity contribution in [2.24, 2.45) is 23.7 Å². The van der Waals surface area contributed by atoms with Crippen LogP contribution >= 0.6 is 43.5 Å². The van der Waals surface area contributed by atoms with Gasteiger partial charge in [0, 0.05) is 31.2 Å². The van der Waals surface area contributed by atoms with Gasteiger partial charge in [-0.2, -0.15) is 0 Å². The van der Waals surface area contributed by atoms with Crippen LogP contribution in [0.1, 0.15) is 32.7 Å². The summed E-state index contributed by atoms with van der Waals surface area (Å²) in [7, 11) is 1.54. The number of pyridine rings is 1. The fraction of sp³-hybridized carbons (Fsp3) is 0.286. The number of hydrogen-bond donors (Lipinski definition) is 0. The predicted molar refractivity (Wildman–Crippen MR) is 181 cm³/mol. The highest BCUT2D eigenvalue weighted by Gasteiger charge is 2.66. The number of Topliss-reactive ketones (excluding diaryl/α,β-unsaturated/α-hetero) is 1. The van der Waals surface area contributed by atoms with E-state index in [2.05, 4.69) is 31.9 Å². The summed E-state index contributed by atoms with van der Waals surface area (Å²) in [5, 5.41) is 1.03. The number of imide groups is 1. The van der Waals surface area contributed by atoms with E-state index in [1.54, 1.807) is 66.7 Å². The number of esters is 1. The Morgan fingerprint density at radius 1 is 0.935 bits per heavy atom. The number of hydrogen-bond acceptors (Lipinski definition) is 7. The lowest BCUT2D eigenvalue weighted by atomic mass is 9.81. The van der Waals surface area contributed by atoms with Crippen molar-refractivity contribution >= 4 is 83.6 Å². The van der Waals surface area contributed by atoms with Crippen LogP contribution in [0.15, 0.2) is 66.7 Å². The summed E-state index contributed by atoms with van der Waals surface area (Å²) >= 11 is 13.9. The highest BCUT2D eigenvalue weighted by molar-refractivity contribution is 9.12. The standard InChI is InChI=1S/C35H27Br2ClN2O6/c1-16-25(38)12-11-21-22(35(44)46-15-27(41)18-5-9-20(45-2)10-6-18)14-26(39-32(16)21)17-3-7-19(8-4-17)40-33(42)28-23-13-24(29(28)34(40)43)31(37)30(23)36/h3-12,14,23-24,28-31H,13,15H2,1-2H3. The number of rotatable bonds is 7. The molecule has 2 aliphatic carbocycles. The van der Waals surface area contributed by atoms with Crippen molar-refractivity contribution in [3.63, 3.8) is 0 Å². The average molecular weight is 767 g/mol. The van der Waals surface area contributed by atoms with Crippen molar-refractivity contribution in [3.05, 3.63) is 88.4 Å². The maximum atomic E-state index is 13.5. The number of aryl methyl sites for hydroxylation is 1. The number of nitrogens with zero attached hydrogens (tertiary/aromatic N) is 2. The minimum atomic E-state index is -0.682. The molecule has 4 aromatic rings. The number of aromatic nitrogens is 1. The topological polar surface area (TPSA) is 103 Å². The summed E-state index contributed by atoms with van der Waals surface area (Å²) in [4.78, 5) is 59.7. The van der Waals surface area contributed by atoms with Crippen LogP contribution in [0.5, 0.6) is 5.75 Å². The maximum absolute atomic E-state index is 13.5. The number of alkyl halides is 2. The number of halogens is 3. The Balaban J connectivity index is 1.17. The largest absolute Gasteiger partial charge is 0.497 e. The first kappa shape index (κ1) is 31.0. The van der Waals surface area contributed by atoms with Crippen molar-refractivity contribution in [1.82, 2.24) is 4.98 Å². The van der Waals surface area contributed by atoms with E-state index in [9.17, 15) is 19.2 Å². The average Bonchev–Trinajstić information content (AvgIpc) is 3.69. The molecule has 1 aliphatic heterocycles. The third kappa shape index (κ3) is 4.96. The van der Waals surface area contributed by atoms with E-state index in [0.29, 0.717) is 49.7 Å². The number of methoxy groups -OCH3 is 1. The van der Waals surface area contributed by atoms with E-state index in [-0.39, 0.29) is 56.5 Å². The number of ketones is 1. The molecule has 3 aromatic carbocycles. The van der Waals surface area contributed by atoms with Gasteiger partial charge in [-0.25, -0.2) is 9.78 Å². The van der Waals surface area contributed by atoms with Gasteiger partial charge in [0.25, 0.3) is 0 Å². The minimum absolute atomic E-state index is 0.127. The fourth-order valence-corrected chi connectivity index (χ4v) is 9.20. The number of carbonyl (C=O) groups excluding carboxylic acids is 4. The molecule has 1 aromatic heterocycles. The Hall–Kier alpha value is -3.60. The molecule has 0 N–H and O–H groups in total. The second-order valence-corrected chi connectivity index (χ2v) is 14.4. The zero-order valence-corrected chi connectivity index (χ0v) is 28.6. The Bertz CT molecular complexity index is 1900. The first-order valence-electron chi connectivity index (χ1n) is 14.8. The van der Waals surface area contributed by atoms with E-state index in [1.807, 2.05) is 6.92 Å². The molecule has 8 nitrogen and oxygen atoms in total. The Morgan fingerprint density at radius 2 is 1.57 bits per heavy atom. The molecule has 0 spiro atoms. The quantitative estimate of drug-likeness (QED) is 0.0850. The molecular weight excluding hydrogens is 740 g/mol. The molecule has 2 bridgehead atoms. The summed E-state index contributed by atoms with van der Waals surface area (Å²) in [5.41, 5.74) is 3.46. The van der Waals surface area contributed by atoms with Crippen LogP contribution in [-0.4, -0.2) is 51.9 Å². The van der Waals surface area contributed by atoms with Crippen LogP contribution in [0.25, 0.3) is 22.2 Å². The molecule has 3 fully saturated rings. The molecule has 1 saturated heterocycles. The first-order chi connectivity index (χ1) is 22.1. The van der Waals surface area contributed by atoms with E-state index < -0.39 is 12.6 Å². The zero-order valence-electron chi connectivity index (χ0n) is 24.7. The fourth-order valence-electron chi connectivity index (χ4n) is 7.17. The lowest BCUT2D eigenvalue weighted by molar-refractivity contribution is -0.123. The zero-order chi connectivity index (χ0) is 32.4. The molecule has 46 heavy (non-hydrogen) atoms. The van der Waals surface area contributed by atoms with E-state index in [4.69, 9.17) is 26.1 Å². The van der Waals surface area contributed by atoms with Crippen molar-refractivity contribution in [2.45, 2.75) is 23.0 Å². The smallest absolute Gasteiger partial charge is 0.339 e. The lowest BCUT2D eigenvalue weighted by Crippen LogP contribution is -2.37. The molecule has 11 heteroatoms. The number of carbonyl (C=O) groups is 4. The second-order valence-electron chi connectivity index (χ2n) is 11.9. The summed E-state index contributed by atoms with van der Waals surface area (Å²) in [6.07, 6.45) is 0.864. The number of benzene rings is 3. The molecule has 2 saturated carbocycles. The molecule has 6 unspecified atom stereocenters. The van der Waals surface area contributed by atoms with Gasteiger partial charge >= 0.3 is 5.97 Å². The van der Waals surface area contributed by atoms with E-state index in [1.165, 1.54) is 12.0 Å². The minimum Gasteiger partial charge on any atom is -0.497 e. The van der Waals surface area contributed by atoms with Gasteiger partial charge in [0.05, 0.1) is 41.4 Å². The van der Waals surface area contributed by atoms with Gasteiger partial charge in [-0.1, -0.05) is 61.7 Å². The van der Waals surface area contributed by atoms with E-state index >= 15 is 0 Å². The van der Waals surface area contributed by atoms with Gasteiger partial charge in [-0.3, -0.25) is 19.3 Å². The van der Waals surface area contributed by atoms with Crippen molar-refractivity contribution < 1.29 is 28.7 Å². The van der Waals surface area contributed by atoms with Crippen LogP contribution in [0, 0.1) is 30.6 Å². The summed E-state index contributed by atoms with van der Waals surface area (Å²) in [6, 6.07) is 18.6. The normalized spacial score (nSPS) is 24.8. The summed E-state index contributed by atoms with van der Waals surface area (Å²) < 4.78 is 10.6. The first-order valence-corrected chi connectivity index (χ1v) is 17.0. The van der Waals surface area contributed by atoms with Crippen LogP contribution < -0.4 is 9.64 Å². The molecule has 234 valence electrons. The van der Waals surface area contributed by atoms with Gasteiger partial charge in [-0.15, -0.1) is 0 Å². The van der Waals surface area contributed by atoms with Crippen molar-refractivity contribution in [1.29, 1.82) is 0 Å². The van der Waals surface area contributed by atoms with Gasteiger partial charge < -0.3 is 9.47 Å². The molecule has 2 amide bonds. The monoisotopic (exact) mass is 764 g/mol. The van der Waals surface area contributed by atoms with E-state index in [0.717, 1.165) is 6.42 Å². The highest BCUT2D eigenvalue weighted by Crippen LogP contribution is 2.60. The van der Waals surface area contributed by atoms with Crippen LogP contribution in [0.4, 0.5) is 5.69 Å².